The van der Waals surface area contributed by atoms with Crippen LogP contribution in [0.3, 0.4) is 0 Å². The van der Waals surface area contributed by atoms with Crippen molar-refractivity contribution in [3.05, 3.63) is 69.5 Å². The Labute approximate surface area is 183 Å². The number of nitrogens with zero attached hydrogens (tertiary/aromatic N) is 2. The SMILES string of the molecule is O=C(NCCC(=O)N1CCN(C(=O)c2ccc(F)cc2Cl)CC1)c1ccc(Cl)cc1. The summed E-state index contributed by atoms with van der Waals surface area (Å²) in [6.45, 7) is 1.69. The predicted molar refractivity (Wildman–Crippen MR) is 112 cm³/mol. The first-order valence-electron chi connectivity index (χ1n) is 9.41. The first-order chi connectivity index (χ1) is 14.3. The Hall–Kier alpha value is -2.64. The highest BCUT2D eigenvalue weighted by Gasteiger charge is 2.26. The van der Waals surface area contributed by atoms with Crippen LogP contribution < -0.4 is 5.32 Å². The van der Waals surface area contributed by atoms with Crippen molar-refractivity contribution in [2.45, 2.75) is 6.42 Å². The number of benzene rings is 2. The standard InChI is InChI=1S/C21H20Cl2FN3O3/c22-15-3-1-14(2-4-15)20(29)25-8-7-19(28)26-9-11-27(12-10-26)21(30)17-6-5-16(24)13-18(17)23/h1-6,13H,7-12H2,(H,25,29). The maximum atomic E-state index is 13.2. The minimum Gasteiger partial charge on any atom is -0.352 e. The molecular weight excluding hydrogens is 432 g/mol. The van der Waals surface area contributed by atoms with Crippen LogP contribution in [0.25, 0.3) is 0 Å². The van der Waals surface area contributed by atoms with E-state index in [2.05, 4.69) is 5.32 Å². The largest absolute Gasteiger partial charge is 0.352 e. The Morgan fingerprint density at radius 2 is 1.57 bits per heavy atom. The Morgan fingerprint density at radius 3 is 2.20 bits per heavy atom. The Balaban J connectivity index is 1.44. The average molecular weight is 452 g/mol. The molecule has 30 heavy (non-hydrogen) atoms. The lowest BCUT2D eigenvalue weighted by Crippen LogP contribution is -2.51. The molecule has 0 saturated carbocycles. The summed E-state index contributed by atoms with van der Waals surface area (Å²) in [5.74, 6) is -1.16. The van der Waals surface area contributed by atoms with Gasteiger partial charge in [-0.1, -0.05) is 23.2 Å². The summed E-state index contributed by atoms with van der Waals surface area (Å²) in [4.78, 5) is 40.3. The van der Waals surface area contributed by atoms with Gasteiger partial charge in [-0.15, -0.1) is 0 Å². The van der Waals surface area contributed by atoms with E-state index in [0.29, 0.717) is 36.8 Å². The molecule has 0 unspecified atom stereocenters. The fourth-order valence-corrected chi connectivity index (χ4v) is 3.51. The maximum absolute atomic E-state index is 13.2. The molecule has 1 aliphatic heterocycles. The molecule has 3 rings (SSSR count). The van der Waals surface area contributed by atoms with Gasteiger partial charge in [0.1, 0.15) is 5.82 Å². The molecule has 0 atom stereocenters. The summed E-state index contributed by atoms with van der Waals surface area (Å²) in [6.07, 6.45) is 0.164. The van der Waals surface area contributed by atoms with Gasteiger partial charge in [-0.2, -0.15) is 0 Å². The van der Waals surface area contributed by atoms with Crippen molar-refractivity contribution in [3.63, 3.8) is 0 Å². The van der Waals surface area contributed by atoms with Crippen LogP contribution in [0.1, 0.15) is 27.1 Å². The topological polar surface area (TPSA) is 69.7 Å². The van der Waals surface area contributed by atoms with Crippen molar-refractivity contribution in [1.29, 1.82) is 0 Å². The summed E-state index contributed by atoms with van der Waals surface area (Å²) in [6, 6.07) is 10.1. The molecule has 1 fully saturated rings. The monoisotopic (exact) mass is 451 g/mol. The van der Waals surface area contributed by atoms with E-state index in [9.17, 15) is 18.8 Å². The lowest BCUT2D eigenvalue weighted by atomic mass is 10.1. The van der Waals surface area contributed by atoms with Crippen LogP contribution >= 0.6 is 23.2 Å². The van der Waals surface area contributed by atoms with E-state index in [1.165, 1.54) is 12.1 Å². The van der Waals surface area contributed by atoms with Gasteiger partial charge in [-0.25, -0.2) is 4.39 Å². The molecule has 0 aromatic heterocycles. The third kappa shape index (κ3) is 5.49. The molecule has 0 spiro atoms. The predicted octanol–water partition coefficient (Wildman–Crippen LogP) is 3.24. The van der Waals surface area contributed by atoms with E-state index in [-0.39, 0.29) is 41.3 Å². The van der Waals surface area contributed by atoms with Gasteiger partial charge >= 0.3 is 0 Å². The fraction of sp³-hybridized carbons (Fsp3) is 0.286. The normalized spacial score (nSPS) is 13.8. The molecule has 0 radical (unpaired) electrons. The molecule has 1 saturated heterocycles. The van der Waals surface area contributed by atoms with Crippen molar-refractivity contribution in [1.82, 2.24) is 15.1 Å². The molecule has 9 heteroatoms. The summed E-state index contributed by atoms with van der Waals surface area (Å²) < 4.78 is 13.2. The Morgan fingerprint density at radius 1 is 0.933 bits per heavy atom. The van der Waals surface area contributed by atoms with E-state index in [1.807, 2.05) is 0 Å². The zero-order valence-corrected chi connectivity index (χ0v) is 17.5. The van der Waals surface area contributed by atoms with Crippen molar-refractivity contribution in [2.24, 2.45) is 0 Å². The number of piperazine rings is 1. The number of carbonyl (C=O) groups excluding carboxylic acids is 3. The molecule has 1 aliphatic rings. The van der Waals surface area contributed by atoms with Crippen molar-refractivity contribution in [2.75, 3.05) is 32.7 Å². The van der Waals surface area contributed by atoms with Gasteiger partial charge in [-0.05, 0) is 42.5 Å². The van der Waals surface area contributed by atoms with Gasteiger partial charge in [0.25, 0.3) is 11.8 Å². The molecule has 158 valence electrons. The molecule has 1 N–H and O–H groups in total. The second kappa shape index (κ2) is 9.91. The second-order valence-electron chi connectivity index (χ2n) is 6.81. The van der Waals surface area contributed by atoms with Gasteiger partial charge < -0.3 is 15.1 Å². The molecule has 3 amide bonds. The summed E-state index contributed by atoms with van der Waals surface area (Å²) in [7, 11) is 0. The quantitative estimate of drug-likeness (QED) is 0.758. The molecule has 2 aromatic rings. The van der Waals surface area contributed by atoms with Crippen LogP contribution in [0.2, 0.25) is 10.0 Å². The minimum absolute atomic E-state index is 0.0648. The zero-order chi connectivity index (χ0) is 21.7. The number of amides is 3. The fourth-order valence-electron chi connectivity index (χ4n) is 3.14. The van der Waals surface area contributed by atoms with Gasteiger partial charge in [0.05, 0.1) is 10.6 Å². The van der Waals surface area contributed by atoms with Crippen LogP contribution in [0.15, 0.2) is 42.5 Å². The van der Waals surface area contributed by atoms with Gasteiger partial charge in [0.2, 0.25) is 5.91 Å². The van der Waals surface area contributed by atoms with Crippen molar-refractivity contribution >= 4 is 40.9 Å². The molecule has 2 aromatic carbocycles. The number of hydrogen-bond acceptors (Lipinski definition) is 3. The second-order valence-corrected chi connectivity index (χ2v) is 7.65. The van der Waals surface area contributed by atoms with Gasteiger partial charge in [-0.3, -0.25) is 14.4 Å². The van der Waals surface area contributed by atoms with Crippen LogP contribution in [0, 0.1) is 5.82 Å². The number of hydrogen-bond donors (Lipinski definition) is 1. The van der Waals surface area contributed by atoms with Crippen LogP contribution in [0.5, 0.6) is 0 Å². The Bertz CT molecular complexity index is 945. The molecule has 6 nitrogen and oxygen atoms in total. The lowest BCUT2D eigenvalue weighted by Gasteiger charge is -2.35. The molecular formula is C21H20Cl2FN3O3. The van der Waals surface area contributed by atoms with Crippen molar-refractivity contribution in [3.8, 4) is 0 Å². The highest BCUT2D eigenvalue weighted by atomic mass is 35.5. The number of rotatable bonds is 5. The highest BCUT2D eigenvalue weighted by Crippen LogP contribution is 2.20. The Kier molecular flexibility index (Phi) is 7.29. The van der Waals surface area contributed by atoms with Crippen LogP contribution in [-0.2, 0) is 4.79 Å². The van der Waals surface area contributed by atoms with E-state index >= 15 is 0 Å². The van der Waals surface area contributed by atoms with Gasteiger partial charge in [0, 0.05) is 49.7 Å². The van der Waals surface area contributed by atoms with E-state index in [0.717, 1.165) is 6.07 Å². The summed E-state index contributed by atoms with van der Waals surface area (Å²) in [5.41, 5.74) is 0.709. The summed E-state index contributed by atoms with van der Waals surface area (Å²) >= 11 is 11.8. The summed E-state index contributed by atoms with van der Waals surface area (Å²) in [5, 5.41) is 3.32. The first-order valence-corrected chi connectivity index (χ1v) is 10.2. The molecule has 0 bridgehead atoms. The average Bonchev–Trinajstić information content (AvgIpc) is 2.73. The number of nitrogens with one attached hydrogen (secondary N) is 1. The number of carbonyl (C=O) groups is 3. The first kappa shape index (κ1) is 22.1. The van der Waals surface area contributed by atoms with Gasteiger partial charge in [0.15, 0.2) is 0 Å². The zero-order valence-electron chi connectivity index (χ0n) is 16.0. The van der Waals surface area contributed by atoms with Crippen molar-refractivity contribution < 1.29 is 18.8 Å². The van der Waals surface area contributed by atoms with Crippen LogP contribution in [-0.4, -0.2) is 60.2 Å². The van der Waals surface area contributed by atoms with E-state index < -0.39 is 5.82 Å². The van der Waals surface area contributed by atoms with E-state index in [1.54, 1.807) is 34.1 Å². The minimum atomic E-state index is -0.505. The number of halogens is 3. The third-order valence-electron chi connectivity index (χ3n) is 4.81. The highest BCUT2D eigenvalue weighted by molar-refractivity contribution is 6.33. The lowest BCUT2D eigenvalue weighted by molar-refractivity contribution is -0.132. The molecule has 1 heterocycles. The maximum Gasteiger partial charge on any atom is 0.255 e. The smallest absolute Gasteiger partial charge is 0.255 e. The molecule has 0 aliphatic carbocycles. The van der Waals surface area contributed by atoms with Crippen LogP contribution in [0.4, 0.5) is 4.39 Å². The van der Waals surface area contributed by atoms with E-state index in [4.69, 9.17) is 23.2 Å². The third-order valence-corrected chi connectivity index (χ3v) is 5.38.